The van der Waals surface area contributed by atoms with Gasteiger partial charge in [-0.05, 0) is 12.2 Å². The average molecular weight is 168 g/mol. The molecule has 0 spiro atoms. The van der Waals surface area contributed by atoms with Gasteiger partial charge in [-0.25, -0.2) is 0 Å². The van der Waals surface area contributed by atoms with Crippen molar-refractivity contribution in [2.75, 3.05) is 14.2 Å². The molecule has 0 aromatic heterocycles. The monoisotopic (exact) mass is 168 g/mol. The van der Waals surface area contributed by atoms with Gasteiger partial charge in [-0.1, -0.05) is 13.8 Å². The zero-order chi connectivity index (χ0) is 9.14. The minimum absolute atomic E-state index is 0.334. The summed E-state index contributed by atoms with van der Waals surface area (Å²) in [6, 6.07) is 0. The van der Waals surface area contributed by atoms with Crippen LogP contribution in [-0.2, 0) is 9.47 Å². The molecular formula is C10H16O2. The van der Waals surface area contributed by atoms with Crippen molar-refractivity contribution in [3.05, 3.63) is 23.7 Å². The summed E-state index contributed by atoms with van der Waals surface area (Å²) in [5.74, 6) is 2.73. The fourth-order valence-electron chi connectivity index (χ4n) is 1.47. The Morgan fingerprint density at radius 1 is 0.917 bits per heavy atom. The van der Waals surface area contributed by atoms with E-state index in [0.29, 0.717) is 11.8 Å². The summed E-state index contributed by atoms with van der Waals surface area (Å²) in [6.07, 6.45) is 4.20. The first kappa shape index (κ1) is 9.17. The van der Waals surface area contributed by atoms with Gasteiger partial charge in [0.15, 0.2) is 0 Å². The summed E-state index contributed by atoms with van der Waals surface area (Å²) >= 11 is 0. The third-order valence-corrected chi connectivity index (χ3v) is 2.20. The number of methoxy groups -OCH3 is 2. The summed E-state index contributed by atoms with van der Waals surface area (Å²) in [7, 11) is 3.42. The maximum atomic E-state index is 5.23. The van der Waals surface area contributed by atoms with Crippen LogP contribution >= 0.6 is 0 Å². The molecule has 1 aliphatic carbocycles. The van der Waals surface area contributed by atoms with Crippen molar-refractivity contribution < 1.29 is 9.47 Å². The van der Waals surface area contributed by atoms with E-state index < -0.39 is 0 Å². The van der Waals surface area contributed by atoms with Crippen molar-refractivity contribution in [3.63, 3.8) is 0 Å². The van der Waals surface area contributed by atoms with Gasteiger partial charge in [0.1, 0.15) is 0 Å². The molecule has 0 amide bonds. The summed E-state index contributed by atoms with van der Waals surface area (Å²) in [5, 5.41) is 0. The first-order valence-electron chi connectivity index (χ1n) is 4.20. The Labute approximate surface area is 73.9 Å². The Morgan fingerprint density at radius 2 is 1.25 bits per heavy atom. The third-order valence-electron chi connectivity index (χ3n) is 2.20. The first-order chi connectivity index (χ1) is 5.69. The highest BCUT2D eigenvalue weighted by atomic mass is 16.5. The summed E-state index contributed by atoms with van der Waals surface area (Å²) < 4.78 is 10.5. The molecule has 0 fully saturated rings. The molecular weight excluding hydrogens is 152 g/mol. The van der Waals surface area contributed by atoms with Gasteiger partial charge in [0.2, 0.25) is 0 Å². The van der Waals surface area contributed by atoms with Crippen LogP contribution in [0.25, 0.3) is 0 Å². The summed E-state index contributed by atoms with van der Waals surface area (Å²) in [6.45, 7) is 4.19. The highest BCUT2D eigenvalue weighted by Gasteiger charge is 2.19. The number of ether oxygens (including phenoxy) is 2. The highest BCUT2D eigenvalue weighted by molar-refractivity contribution is 5.20. The molecule has 0 aliphatic heterocycles. The smallest absolute Gasteiger partial charge is 0.0989 e. The van der Waals surface area contributed by atoms with E-state index in [2.05, 4.69) is 26.0 Å². The Hall–Kier alpha value is -0.920. The Bertz CT molecular complexity index is 192. The van der Waals surface area contributed by atoms with Crippen molar-refractivity contribution in [2.45, 2.75) is 13.8 Å². The van der Waals surface area contributed by atoms with Gasteiger partial charge < -0.3 is 9.47 Å². The molecule has 0 aromatic rings. The van der Waals surface area contributed by atoms with Gasteiger partial charge in [0, 0.05) is 11.8 Å². The molecule has 0 heterocycles. The minimum atomic E-state index is 0.334. The lowest BCUT2D eigenvalue weighted by molar-refractivity contribution is 0.222. The number of rotatable bonds is 2. The fraction of sp³-hybridized carbons (Fsp3) is 0.600. The van der Waals surface area contributed by atoms with Crippen molar-refractivity contribution in [1.82, 2.24) is 0 Å². The molecule has 12 heavy (non-hydrogen) atoms. The molecule has 0 radical (unpaired) electrons. The van der Waals surface area contributed by atoms with Crippen LogP contribution in [0, 0.1) is 11.8 Å². The minimum Gasteiger partial charge on any atom is -0.501 e. The largest absolute Gasteiger partial charge is 0.501 e. The standard InChI is InChI=1S/C10H16O2/c1-7-5-10(12-4)8(2)6-9(7)11-3/h5-8H,1-4H3. The van der Waals surface area contributed by atoms with E-state index in [1.165, 1.54) is 0 Å². The first-order valence-corrected chi connectivity index (χ1v) is 4.20. The molecule has 0 aromatic carbocycles. The van der Waals surface area contributed by atoms with Crippen LogP contribution in [0.2, 0.25) is 0 Å². The normalized spacial score (nSPS) is 29.0. The maximum Gasteiger partial charge on any atom is 0.0989 e. The van der Waals surface area contributed by atoms with Crippen LogP contribution < -0.4 is 0 Å². The van der Waals surface area contributed by atoms with E-state index in [9.17, 15) is 0 Å². The molecule has 1 rings (SSSR count). The van der Waals surface area contributed by atoms with Gasteiger partial charge in [0.25, 0.3) is 0 Å². The topological polar surface area (TPSA) is 18.5 Å². The summed E-state index contributed by atoms with van der Waals surface area (Å²) in [5.41, 5.74) is 0. The molecule has 0 saturated carbocycles. The fourth-order valence-corrected chi connectivity index (χ4v) is 1.47. The lowest BCUT2D eigenvalue weighted by Crippen LogP contribution is -2.11. The maximum absolute atomic E-state index is 5.23. The second-order valence-corrected chi connectivity index (χ2v) is 3.12. The molecule has 2 heteroatoms. The molecule has 2 atom stereocenters. The van der Waals surface area contributed by atoms with Gasteiger partial charge >= 0.3 is 0 Å². The van der Waals surface area contributed by atoms with Crippen LogP contribution in [0.15, 0.2) is 23.7 Å². The molecule has 2 nitrogen and oxygen atoms in total. The van der Waals surface area contributed by atoms with Crippen molar-refractivity contribution >= 4 is 0 Å². The van der Waals surface area contributed by atoms with Crippen LogP contribution in [0.1, 0.15) is 13.8 Å². The van der Waals surface area contributed by atoms with Crippen molar-refractivity contribution in [2.24, 2.45) is 11.8 Å². The van der Waals surface area contributed by atoms with E-state index in [1.807, 2.05) is 0 Å². The van der Waals surface area contributed by atoms with Gasteiger partial charge in [-0.15, -0.1) is 0 Å². The third kappa shape index (κ3) is 1.63. The average Bonchev–Trinajstić information content (AvgIpc) is 2.08. The van der Waals surface area contributed by atoms with Gasteiger partial charge in [0.05, 0.1) is 25.7 Å². The predicted molar refractivity (Wildman–Crippen MR) is 48.5 cm³/mol. The summed E-state index contributed by atoms with van der Waals surface area (Å²) in [4.78, 5) is 0. The van der Waals surface area contributed by atoms with Gasteiger partial charge in [-0.2, -0.15) is 0 Å². The van der Waals surface area contributed by atoms with Crippen LogP contribution in [0.3, 0.4) is 0 Å². The Morgan fingerprint density at radius 3 is 1.50 bits per heavy atom. The van der Waals surface area contributed by atoms with E-state index in [4.69, 9.17) is 9.47 Å². The molecule has 0 saturated heterocycles. The Kier molecular flexibility index (Phi) is 2.79. The molecule has 1 aliphatic rings. The second-order valence-electron chi connectivity index (χ2n) is 3.12. The van der Waals surface area contributed by atoms with E-state index in [-0.39, 0.29) is 0 Å². The van der Waals surface area contributed by atoms with Crippen LogP contribution in [0.4, 0.5) is 0 Å². The molecule has 2 unspecified atom stereocenters. The lowest BCUT2D eigenvalue weighted by Gasteiger charge is -2.22. The van der Waals surface area contributed by atoms with Gasteiger partial charge in [-0.3, -0.25) is 0 Å². The van der Waals surface area contributed by atoms with Crippen molar-refractivity contribution in [1.29, 1.82) is 0 Å². The number of hydrogen-bond acceptors (Lipinski definition) is 2. The van der Waals surface area contributed by atoms with Crippen LogP contribution in [-0.4, -0.2) is 14.2 Å². The quantitative estimate of drug-likeness (QED) is 0.630. The Balaban J connectivity index is 2.79. The predicted octanol–water partition coefficient (Wildman–Crippen LogP) is 2.33. The number of hydrogen-bond donors (Lipinski definition) is 0. The number of allylic oxidation sites excluding steroid dienone is 2. The lowest BCUT2D eigenvalue weighted by atomic mass is 9.95. The molecule has 68 valence electrons. The van der Waals surface area contributed by atoms with Crippen molar-refractivity contribution in [3.8, 4) is 0 Å². The second kappa shape index (κ2) is 3.65. The van der Waals surface area contributed by atoms with E-state index in [1.54, 1.807) is 14.2 Å². The zero-order valence-corrected chi connectivity index (χ0v) is 8.13. The SMILES string of the molecule is COC1=CC(C)C(OC)=CC1C. The van der Waals surface area contributed by atoms with Crippen LogP contribution in [0.5, 0.6) is 0 Å². The molecule has 0 N–H and O–H groups in total. The highest BCUT2D eigenvalue weighted by Crippen LogP contribution is 2.27. The van der Waals surface area contributed by atoms with E-state index >= 15 is 0 Å². The molecule has 0 bridgehead atoms. The van der Waals surface area contributed by atoms with E-state index in [0.717, 1.165) is 11.5 Å². The zero-order valence-electron chi connectivity index (χ0n) is 8.13.